The minimum absolute atomic E-state index is 0.128. The first kappa shape index (κ1) is 10.0. The van der Waals surface area contributed by atoms with Crippen LogP contribution in [0, 0.1) is 0 Å². The van der Waals surface area contributed by atoms with Crippen LogP contribution in [0.2, 0.25) is 0 Å². The van der Waals surface area contributed by atoms with Crippen LogP contribution < -0.4 is 5.73 Å². The third kappa shape index (κ3) is 1.95. The lowest BCUT2D eigenvalue weighted by molar-refractivity contribution is 0.403. The van der Waals surface area contributed by atoms with Gasteiger partial charge < -0.3 is 15.9 Å². The highest BCUT2D eigenvalue weighted by atomic mass is 32.1. The summed E-state index contributed by atoms with van der Waals surface area (Å²) in [5, 5.41) is 22.4. The molecule has 0 unspecified atom stereocenters. The molecule has 4 heteroatoms. The normalized spacial score (nSPS) is 12.6. The molecule has 4 N–H and O–H groups in total. The first-order valence-corrected chi connectivity index (χ1v) is 5.42. The molecule has 1 aromatic carbocycles. The van der Waals surface area contributed by atoms with Crippen molar-refractivity contribution in [2.45, 2.75) is 6.04 Å². The highest BCUT2D eigenvalue weighted by Crippen LogP contribution is 2.29. The Morgan fingerprint density at radius 1 is 1.07 bits per heavy atom. The van der Waals surface area contributed by atoms with Crippen LogP contribution in [0.5, 0.6) is 11.5 Å². The number of phenolic OH excluding ortho intramolecular Hbond substituents is 2. The smallest absolute Gasteiger partial charge is 0.157 e. The number of hydrogen-bond donors (Lipinski definition) is 3. The van der Waals surface area contributed by atoms with Crippen molar-refractivity contribution in [1.29, 1.82) is 0 Å². The molecule has 0 aliphatic rings. The average Bonchev–Trinajstić information content (AvgIpc) is 2.74. The standard InChI is InChI=1S/C11H11NO2S/c12-11(8-3-4-15-6-8)7-1-2-9(13)10(14)5-7/h1-6,11,13-14H,12H2/t11-/m0/s1. The average molecular weight is 221 g/mol. The van der Waals surface area contributed by atoms with Crippen molar-refractivity contribution < 1.29 is 10.2 Å². The molecule has 3 nitrogen and oxygen atoms in total. The van der Waals surface area contributed by atoms with Gasteiger partial charge in [-0.25, -0.2) is 0 Å². The summed E-state index contributed by atoms with van der Waals surface area (Å²) in [7, 11) is 0. The highest BCUT2D eigenvalue weighted by Gasteiger charge is 2.11. The Labute approximate surface area is 91.4 Å². The molecule has 15 heavy (non-hydrogen) atoms. The topological polar surface area (TPSA) is 66.5 Å². The second-order valence-electron chi connectivity index (χ2n) is 3.28. The summed E-state index contributed by atoms with van der Waals surface area (Å²) < 4.78 is 0. The Hall–Kier alpha value is -1.52. The fourth-order valence-corrected chi connectivity index (χ4v) is 2.07. The second-order valence-corrected chi connectivity index (χ2v) is 4.06. The molecule has 1 heterocycles. The maximum atomic E-state index is 9.34. The molecule has 2 rings (SSSR count). The van der Waals surface area contributed by atoms with Gasteiger partial charge in [0.1, 0.15) is 0 Å². The number of benzene rings is 1. The molecule has 78 valence electrons. The predicted octanol–water partition coefficient (Wildman–Crippen LogP) is 2.21. The Morgan fingerprint density at radius 3 is 2.47 bits per heavy atom. The first-order valence-electron chi connectivity index (χ1n) is 4.48. The van der Waals surface area contributed by atoms with E-state index in [0.717, 1.165) is 11.1 Å². The lowest BCUT2D eigenvalue weighted by atomic mass is 10.0. The lowest BCUT2D eigenvalue weighted by Crippen LogP contribution is -2.10. The molecule has 0 bridgehead atoms. The first-order chi connectivity index (χ1) is 7.18. The fourth-order valence-electron chi connectivity index (χ4n) is 1.38. The van der Waals surface area contributed by atoms with Crippen LogP contribution in [0.15, 0.2) is 35.0 Å². The molecule has 0 radical (unpaired) electrons. The predicted molar refractivity (Wildman–Crippen MR) is 60.1 cm³/mol. The van der Waals surface area contributed by atoms with E-state index in [1.165, 1.54) is 12.1 Å². The third-order valence-corrected chi connectivity index (χ3v) is 2.96. The molecule has 0 amide bonds. The minimum atomic E-state index is -0.261. The molecule has 0 spiro atoms. The maximum Gasteiger partial charge on any atom is 0.157 e. The van der Waals surface area contributed by atoms with Gasteiger partial charge in [-0.1, -0.05) is 6.07 Å². The van der Waals surface area contributed by atoms with E-state index in [4.69, 9.17) is 10.8 Å². The number of aromatic hydroxyl groups is 2. The molecule has 0 saturated carbocycles. The molecular formula is C11H11NO2S. The van der Waals surface area contributed by atoms with Crippen LogP contribution >= 0.6 is 11.3 Å². The zero-order valence-electron chi connectivity index (χ0n) is 7.92. The number of phenols is 2. The van der Waals surface area contributed by atoms with E-state index in [0.29, 0.717) is 0 Å². The van der Waals surface area contributed by atoms with Crippen LogP contribution in [0.1, 0.15) is 17.2 Å². The molecule has 0 aliphatic heterocycles. The molecule has 0 saturated heterocycles. The van der Waals surface area contributed by atoms with E-state index in [1.807, 2.05) is 16.8 Å². The van der Waals surface area contributed by atoms with Crippen LogP contribution in [0.25, 0.3) is 0 Å². The number of nitrogens with two attached hydrogens (primary N) is 1. The lowest BCUT2D eigenvalue weighted by Gasteiger charge is -2.11. The van der Waals surface area contributed by atoms with Gasteiger partial charge in [-0.3, -0.25) is 0 Å². The van der Waals surface area contributed by atoms with E-state index >= 15 is 0 Å². The van der Waals surface area contributed by atoms with Crippen molar-refractivity contribution in [3.05, 3.63) is 46.2 Å². The number of hydrogen-bond acceptors (Lipinski definition) is 4. The van der Waals surface area contributed by atoms with Gasteiger partial charge in [0, 0.05) is 0 Å². The van der Waals surface area contributed by atoms with Gasteiger partial charge in [0.15, 0.2) is 11.5 Å². The molecule has 1 aromatic heterocycles. The van der Waals surface area contributed by atoms with Gasteiger partial charge in [0.25, 0.3) is 0 Å². The summed E-state index contributed by atoms with van der Waals surface area (Å²) in [5.74, 6) is -0.269. The Kier molecular flexibility index (Phi) is 2.62. The Bertz CT molecular complexity index is 454. The highest BCUT2D eigenvalue weighted by molar-refractivity contribution is 7.08. The summed E-state index contributed by atoms with van der Waals surface area (Å²) >= 11 is 1.58. The molecule has 0 fully saturated rings. The van der Waals surface area contributed by atoms with E-state index in [-0.39, 0.29) is 17.5 Å². The minimum Gasteiger partial charge on any atom is -0.504 e. The second kappa shape index (κ2) is 3.92. The van der Waals surface area contributed by atoms with Crippen molar-refractivity contribution in [3.63, 3.8) is 0 Å². The molecular weight excluding hydrogens is 210 g/mol. The van der Waals surface area contributed by atoms with Crippen molar-refractivity contribution in [2.75, 3.05) is 0 Å². The summed E-state index contributed by atoms with van der Waals surface area (Å²) in [6, 6.07) is 6.31. The largest absolute Gasteiger partial charge is 0.504 e. The molecule has 1 atom stereocenters. The Morgan fingerprint density at radius 2 is 1.87 bits per heavy atom. The summed E-state index contributed by atoms with van der Waals surface area (Å²) in [5.41, 5.74) is 7.78. The van der Waals surface area contributed by atoms with Gasteiger partial charge in [-0.05, 0) is 40.1 Å². The van der Waals surface area contributed by atoms with E-state index < -0.39 is 0 Å². The van der Waals surface area contributed by atoms with E-state index in [1.54, 1.807) is 17.4 Å². The van der Waals surface area contributed by atoms with Crippen LogP contribution in [-0.4, -0.2) is 10.2 Å². The van der Waals surface area contributed by atoms with Gasteiger partial charge in [0.05, 0.1) is 6.04 Å². The van der Waals surface area contributed by atoms with E-state index in [9.17, 15) is 5.11 Å². The quantitative estimate of drug-likeness (QED) is 0.681. The van der Waals surface area contributed by atoms with E-state index in [2.05, 4.69) is 0 Å². The van der Waals surface area contributed by atoms with Crippen LogP contribution in [0.4, 0.5) is 0 Å². The zero-order chi connectivity index (χ0) is 10.8. The van der Waals surface area contributed by atoms with Gasteiger partial charge >= 0.3 is 0 Å². The van der Waals surface area contributed by atoms with Crippen LogP contribution in [-0.2, 0) is 0 Å². The summed E-state index contributed by atoms with van der Waals surface area (Å²) in [4.78, 5) is 0. The van der Waals surface area contributed by atoms with Crippen molar-refractivity contribution >= 4 is 11.3 Å². The fraction of sp³-hybridized carbons (Fsp3) is 0.0909. The number of rotatable bonds is 2. The SMILES string of the molecule is N[C@H](c1ccsc1)c1ccc(O)c(O)c1. The summed E-state index contributed by atoms with van der Waals surface area (Å²) in [6.07, 6.45) is 0. The van der Waals surface area contributed by atoms with Crippen molar-refractivity contribution in [2.24, 2.45) is 5.73 Å². The number of thiophene rings is 1. The van der Waals surface area contributed by atoms with Gasteiger partial charge in [0.2, 0.25) is 0 Å². The third-order valence-electron chi connectivity index (χ3n) is 2.26. The summed E-state index contributed by atoms with van der Waals surface area (Å²) in [6.45, 7) is 0. The van der Waals surface area contributed by atoms with Gasteiger partial charge in [-0.15, -0.1) is 0 Å². The zero-order valence-corrected chi connectivity index (χ0v) is 8.74. The molecule has 0 aliphatic carbocycles. The van der Waals surface area contributed by atoms with Gasteiger partial charge in [-0.2, -0.15) is 11.3 Å². The van der Waals surface area contributed by atoms with Crippen molar-refractivity contribution in [3.8, 4) is 11.5 Å². The van der Waals surface area contributed by atoms with Crippen LogP contribution in [0.3, 0.4) is 0 Å². The maximum absolute atomic E-state index is 9.34. The van der Waals surface area contributed by atoms with Crippen molar-refractivity contribution in [1.82, 2.24) is 0 Å². The molecule has 2 aromatic rings. The Balaban J connectivity index is 2.34. The monoisotopic (exact) mass is 221 g/mol.